The Bertz CT molecular complexity index is 153. The van der Waals surface area contributed by atoms with Crippen LogP contribution < -0.4 is 11.9 Å². The first kappa shape index (κ1) is 16.9. The van der Waals surface area contributed by atoms with Gasteiger partial charge in [-0.2, -0.15) is 0 Å². The SMILES string of the molecule is Cc1ccc(N)cc1.Cl.Cl.N. The second-order valence-corrected chi connectivity index (χ2v) is 1.91. The highest BCUT2D eigenvalue weighted by Gasteiger charge is 1.80. The highest BCUT2D eigenvalue weighted by molar-refractivity contribution is 5.85. The monoisotopic (exact) mass is 196 g/mol. The summed E-state index contributed by atoms with van der Waals surface area (Å²) in [6.07, 6.45) is 0. The Morgan fingerprint density at radius 1 is 1.00 bits per heavy atom. The maximum Gasteiger partial charge on any atom is 0.0314 e. The van der Waals surface area contributed by atoms with Crippen molar-refractivity contribution < 1.29 is 0 Å². The fourth-order valence-electron chi connectivity index (χ4n) is 0.566. The fourth-order valence-corrected chi connectivity index (χ4v) is 0.566. The lowest BCUT2D eigenvalue weighted by atomic mass is 10.2. The van der Waals surface area contributed by atoms with Crippen molar-refractivity contribution in [1.82, 2.24) is 6.15 Å². The molecule has 0 aliphatic rings. The molecule has 0 heterocycles. The van der Waals surface area contributed by atoms with E-state index in [9.17, 15) is 0 Å². The summed E-state index contributed by atoms with van der Waals surface area (Å²) in [5.41, 5.74) is 7.51. The van der Waals surface area contributed by atoms with Crippen molar-refractivity contribution in [2.24, 2.45) is 0 Å². The normalized spacial score (nSPS) is 6.64. The van der Waals surface area contributed by atoms with Crippen LogP contribution in [0.3, 0.4) is 0 Å². The number of nitrogens with two attached hydrogens (primary N) is 1. The van der Waals surface area contributed by atoms with Crippen molar-refractivity contribution in [2.75, 3.05) is 5.73 Å². The van der Waals surface area contributed by atoms with E-state index < -0.39 is 0 Å². The zero-order chi connectivity index (χ0) is 5.98. The number of aryl methyl sites for hydroxylation is 1. The molecule has 1 aromatic carbocycles. The van der Waals surface area contributed by atoms with Crippen LogP contribution >= 0.6 is 24.8 Å². The number of benzene rings is 1. The predicted molar refractivity (Wildman–Crippen MR) is 55.1 cm³/mol. The van der Waals surface area contributed by atoms with E-state index in [0.717, 1.165) is 5.69 Å². The lowest BCUT2D eigenvalue weighted by Crippen LogP contribution is -1.81. The quantitative estimate of drug-likeness (QED) is 0.628. The van der Waals surface area contributed by atoms with Crippen LogP contribution in [0.1, 0.15) is 5.56 Å². The third-order valence-electron chi connectivity index (χ3n) is 1.08. The van der Waals surface area contributed by atoms with Crippen molar-refractivity contribution >= 4 is 30.5 Å². The molecule has 1 rings (SSSR count). The minimum absolute atomic E-state index is 0. The Labute approximate surface area is 79.6 Å². The fraction of sp³-hybridized carbons (Fsp3) is 0.143. The molecule has 0 aliphatic carbocycles. The van der Waals surface area contributed by atoms with E-state index in [0.29, 0.717) is 0 Å². The van der Waals surface area contributed by atoms with E-state index in [1.54, 1.807) is 0 Å². The molecule has 0 aromatic heterocycles. The van der Waals surface area contributed by atoms with Gasteiger partial charge in [-0.05, 0) is 19.1 Å². The molecule has 4 heteroatoms. The Morgan fingerprint density at radius 2 is 1.36 bits per heavy atom. The van der Waals surface area contributed by atoms with Gasteiger partial charge in [-0.1, -0.05) is 17.7 Å². The Balaban J connectivity index is -0.000000213. The van der Waals surface area contributed by atoms with Crippen LogP contribution in [0.5, 0.6) is 0 Å². The molecule has 0 fully saturated rings. The third kappa shape index (κ3) is 5.98. The second kappa shape index (κ2) is 7.66. The van der Waals surface area contributed by atoms with Gasteiger partial charge in [0, 0.05) is 5.69 Å². The first-order valence-corrected chi connectivity index (χ1v) is 2.61. The van der Waals surface area contributed by atoms with Crippen molar-refractivity contribution in [1.29, 1.82) is 0 Å². The van der Waals surface area contributed by atoms with Crippen LogP contribution in [-0.2, 0) is 0 Å². The van der Waals surface area contributed by atoms with Crippen molar-refractivity contribution in [2.45, 2.75) is 6.92 Å². The molecule has 1 aromatic rings. The van der Waals surface area contributed by atoms with Gasteiger partial charge in [0.2, 0.25) is 0 Å². The van der Waals surface area contributed by atoms with Crippen LogP contribution in [0.15, 0.2) is 24.3 Å². The summed E-state index contributed by atoms with van der Waals surface area (Å²) < 4.78 is 0. The van der Waals surface area contributed by atoms with E-state index in [4.69, 9.17) is 5.73 Å². The molecule has 0 unspecified atom stereocenters. The maximum absolute atomic E-state index is 5.43. The van der Waals surface area contributed by atoms with E-state index in [1.807, 2.05) is 31.2 Å². The topological polar surface area (TPSA) is 61.0 Å². The van der Waals surface area contributed by atoms with E-state index in [1.165, 1.54) is 5.56 Å². The number of nitrogen functional groups attached to an aromatic ring is 1. The summed E-state index contributed by atoms with van der Waals surface area (Å²) in [6.45, 7) is 2.04. The van der Waals surface area contributed by atoms with Gasteiger partial charge in [-0.25, -0.2) is 0 Å². The molecular formula is C7H14Cl2N2. The molecule has 0 amide bonds. The number of halogens is 2. The Morgan fingerprint density at radius 3 is 1.64 bits per heavy atom. The number of anilines is 1. The summed E-state index contributed by atoms with van der Waals surface area (Å²) >= 11 is 0. The highest BCUT2D eigenvalue weighted by Crippen LogP contribution is 2.02. The maximum atomic E-state index is 5.43. The summed E-state index contributed by atoms with van der Waals surface area (Å²) in [5.74, 6) is 0. The van der Waals surface area contributed by atoms with Gasteiger partial charge in [0.1, 0.15) is 0 Å². The number of rotatable bonds is 0. The molecule has 11 heavy (non-hydrogen) atoms. The molecule has 0 saturated carbocycles. The van der Waals surface area contributed by atoms with Crippen molar-refractivity contribution in [3.05, 3.63) is 29.8 Å². The molecule has 0 radical (unpaired) electrons. The number of hydrogen-bond donors (Lipinski definition) is 2. The first-order valence-electron chi connectivity index (χ1n) is 2.61. The first-order chi connectivity index (χ1) is 3.79. The largest absolute Gasteiger partial charge is 0.399 e. The highest BCUT2D eigenvalue weighted by atomic mass is 35.5. The third-order valence-corrected chi connectivity index (χ3v) is 1.08. The van der Waals surface area contributed by atoms with E-state index >= 15 is 0 Å². The van der Waals surface area contributed by atoms with Crippen LogP contribution in [0.2, 0.25) is 0 Å². The molecule has 0 atom stereocenters. The minimum atomic E-state index is 0. The molecule has 66 valence electrons. The average Bonchev–Trinajstić information content (AvgIpc) is 1.77. The van der Waals surface area contributed by atoms with Crippen LogP contribution in [0, 0.1) is 6.92 Å². The van der Waals surface area contributed by atoms with Crippen molar-refractivity contribution in [3.8, 4) is 0 Å². The molecule has 0 spiro atoms. The smallest absolute Gasteiger partial charge is 0.0314 e. The minimum Gasteiger partial charge on any atom is -0.399 e. The standard InChI is InChI=1S/C7H9N.2ClH.H3N/c1-6-2-4-7(8)5-3-6;;;/h2-5H,8H2,1H3;2*1H;1H3. The molecule has 2 nitrogen and oxygen atoms in total. The Hall–Kier alpha value is -0.440. The van der Waals surface area contributed by atoms with Gasteiger partial charge >= 0.3 is 0 Å². The molecule has 5 N–H and O–H groups in total. The lowest BCUT2D eigenvalue weighted by Gasteiger charge is -1.90. The van der Waals surface area contributed by atoms with Crippen molar-refractivity contribution in [3.63, 3.8) is 0 Å². The van der Waals surface area contributed by atoms with Crippen LogP contribution in [-0.4, -0.2) is 0 Å². The predicted octanol–water partition coefficient (Wildman–Crippen LogP) is 2.58. The molecular weight excluding hydrogens is 183 g/mol. The van der Waals surface area contributed by atoms with Gasteiger partial charge in [0.15, 0.2) is 0 Å². The Kier molecular flexibility index (Phi) is 11.8. The van der Waals surface area contributed by atoms with Gasteiger partial charge < -0.3 is 11.9 Å². The van der Waals surface area contributed by atoms with Gasteiger partial charge in [0.25, 0.3) is 0 Å². The second-order valence-electron chi connectivity index (χ2n) is 1.91. The summed E-state index contributed by atoms with van der Waals surface area (Å²) in [7, 11) is 0. The average molecular weight is 197 g/mol. The summed E-state index contributed by atoms with van der Waals surface area (Å²) in [5, 5.41) is 0. The van der Waals surface area contributed by atoms with Gasteiger partial charge in [-0.3, -0.25) is 0 Å². The summed E-state index contributed by atoms with van der Waals surface area (Å²) in [6, 6.07) is 7.79. The molecule has 0 bridgehead atoms. The van der Waals surface area contributed by atoms with E-state index in [-0.39, 0.29) is 31.0 Å². The van der Waals surface area contributed by atoms with Gasteiger partial charge in [0.05, 0.1) is 0 Å². The molecule has 0 saturated heterocycles. The molecule has 0 aliphatic heterocycles. The van der Waals surface area contributed by atoms with Crippen LogP contribution in [0.25, 0.3) is 0 Å². The summed E-state index contributed by atoms with van der Waals surface area (Å²) in [4.78, 5) is 0. The zero-order valence-electron chi connectivity index (χ0n) is 6.41. The number of hydrogen-bond acceptors (Lipinski definition) is 2. The zero-order valence-corrected chi connectivity index (χ0v) is 8.04. The lowest BCUT2D eigenvalue weighted by molar-refractivity contribution is 1.47. The van der Waals surface area contributed by atoms with Gasteiger partial charge in [-0.15, -0.1) is 24.8 Å². The van der Waals surface area contributed by atoms with Crippen LogP contribution in [0.4, 0.5) is 5.69 Å². The van der Waals surface area contributed by atoms with E-state index in [2.05, 4.69) is 0 Å².